The van der Waals surface area contributed by atoms with Gasteiger partial charge in [-0.05, 0) is 55.3 Å². The molecule has 0 saturated heterocycles. The number of carbonyl (C=O) groups is 3. The number of nitrogens with zero attached hydrogens (tertiary/aromatic N) is 1. The number of carbonyl (C=O) groups excluding carboxylic acids is 3. The van der Waals surface area contributed by atoms with Crippen molar-refractivity contribution in [2.75, 3.05) is 24.9 Å². The average Bonchev–Trinajstić information content (AvgIpc) is 2.97. The molecule has 0 spiro atoms. The first-order valence-corrected chi connectivity index (χ1v) is 11.6. The van der Waals surface area contributed by atoms with Crippen LogP contribution in [-0.4, -0.2) is 38.0 Å². The van der Waals surface area contributed by atoms with E-state index in [2.05, 4.69) is 5.32 Å². The number of imide groups is 1. The molecule has 4 rings (SSSR count). The van der Waals surface area contributed by atoms with Crippen LogP contribution in [0.5, 0.6) is 11.5 Å². The van der Waals surface area contributed by atoms with Crippen LogP contribution in [0.4, 0.5) is 11.4 Å². The lowest BCUT2D eigenvalue weighted by Crippen LogP contribution is -2.50. The molecule has 0 bridgehead atoms. The number of hydrogen-bond acceptors (Lipinski definition) is 6. The van der Waals surface area contributed by atoms with Crippen molar-refractivity contribution in [1.82, 2.24) is 5.32 Å². The van der Waals surface area contributed by atoms with E-state index in [-0.39, 0.29) is 12.3 Å². The lowest BCUT2D eigenvalue weighted by molar-refractivity contribution is -0.131. The van der Waals surface area contributed by atoms with Crippen LogP contribution in [0.3, 0.4) is 0 Å². The first kappa shape index (κ1) is 24.8. The molecule has 1 unspecified atom stereocenters. The third-order valence-corrected chi connectivity index (χ3v) is 6.41. The van der Waals surface area contributed by atoms with Gasteiger partial charge in [0.2, 0.25) is 11.8 Å². The van der Waals surface area contributed by atoms with Crippen LogP contribution in [0.1, 0.15) is 30.9 Å². The average molecular weight is 488 g/mol. The minimum Gasteiger partial charge on any atom is -0.497 e. The first-order valence-electron chi connectivity index (χ1n) is 11.6. The highest BCUT2D eigenvalue weighted by atomic mass is 16.5. The van der Waals surface area contributed by atoms with Gasteiger partial charge in [-0.1, -0.05) is 30.3 Å². The van der Waals surface area contributed by atoms with E-state index in [1.54, 1.807) is 50.2 Å². The zero-order valence-electron chi connectivity index (χ0n) is 20.7. The number of methoxy groups -OCH3 is 2. The van der Waals surface area contributed by atoms with Crippen LogP contribution in [-0.2, 0) is 20.8 Å². The molecule has 0 saturated carbocycles. The van der Waals surface area contributed by atoms with Gasteiger partial charge in [0.1, 0.15) is 17.5 Å². The summed E-state index contributed by atoms with van der Waals surface area (Å²) in [6.07, 6.45) is -0.0304. The molecule has 3 amide bonds. The van der Waals surface area contributed by atoms with Gasteiger partial charge in [0, 0.05) is 16.8 Å². The van der Waals surface area contributed by atoms with Gasteiger partial charge in [-0.15, -0.1) is 0 Å². The van der Waals surface area contributed by atoms with Gasteiger partial charge in [0.05, 0.1) is 32.2 Å². The normalized spacial score (nSPS) is 15.3. The summed E-state index contributed by atoms with van der Waals surface area (Å²) in [4.78, 5) is 41.3. The summed E-state index contributed by atoms with van der Waals surface area (Å²) in [6.45, 7) is 3.33. The van der Waals surface area contributed by atoms with Crippen molar-refractivity contribution in [3.8, 4) is 22.6 Å². The molecule has 8 heteroatoms. The van der Waals surface area contributed by atoms with E-state index in [0.29, 0.717) is 34.0 Å². The summed E-state index contributed by atoms with van der Waals surface area (Å²) in [6, 6.07) is 16.8. The third-order valence-electron chi connectivity index (χ3n) is 6.41. The Kier molecular flexibility index (Phi) is 6.96. The Morgan fingerprint density at radius 2 is 1.81 bits per heavy atom. The van der Waals surface area contributed by atoms with E-state index >= 15 is 0 Å². The number of nitrogen functional groups attached to an aromatic ring is 1. The topological polar surface area (TPSA) is 111 Å². The van der Waals surface area contributed by atoms with E-state index in [9.17, 15) is 14.4 Å². The zero-order chi connectivity index (χ0) is 26.0. The molecule has 1 heterocycles. The lowest BCUT2D eigenvalue weighted by Gasteiger charge is -2.26. The van der Waals surface area contributed by atoms with Gasteiger partial charge in [-0.2, -0.15) is 0 Å². The summed E-state index contributed by atoms with van der Waals surface area (Å²) >= 11 is 0. The Balaban J connectivity index is 1.63. The van der Waals surface area contributed by atoms with Gasteiger partial charge in [0.15, 0.2) is 0 Å². The number of fused-ring (bicyclic) bond motifs is 3. The van der Waals surface area contributed by atoms with E-state index in [1.165, 1.54) is 14.2 Å². The summed E-state index contributed by atoms with van der Waals surface area (Å²) in [5, 5.41) is 2.73. The SMILES string of the molecule is COc1ccc(OC)c(CC(=O)N[C@@H](C)C(=O)N2C(=O)C(C)c3ccccc3-c3c(N)cccc32)c1. The van der Waals surface area contributed by atoms with Gasteiger partial charge in [0.25, 0.3) is 5.91 Å². The molecule has 8 nitrogen and oxygen atoms in total. The quantitative estimate of drug-likeness (QED) is 0.513. The van der Waals surface area contributed by atoms with Crippen molar-refractivity contribution < 1.29 is 23.9 Å². The van der Waals surface area contributed by atoms with E-state index in [1.807, 2.05) is 24.3 Å². The summed E-state index contributed by atoms with van der Waals surface area (Å²) < 4.78 is 10.6. The Bertz CT molecular complexity index is 1340. The molecule has 0 aliphatic carbocycles. The van der Waals surface area contributed by atoms with Crippen molar-refractivity contribution >= 4 is 29.1 Å². The molecular formula is C28H29N3O5. The van der Waals surface area contributed by atoms with Gasteiger partial charge < -0.3 is 20.5 Å². The predicted molar refractivity (Wildman–Crippen MR) is 138 cm³/mol. The molecule has 0 radical (unpaired) electrons. The van der Waals surface area contributed by atoms with Crippen molar-refractivity contribution in [3.63, 3.8) is 0 Å². The highest BCUT2D eigenvalue weighted by Crippen LogP contribution is 2.44. The minimum atomic E-state index is -0.972. The predicted octanol–water partition coefficient (Wildman–Crippen LogP) is 3.68. The molecule has 0 fully saturated rings. The van der Waals surface area contributed by atoms with Crippen LogP contribution >= 0.6 is 0 Å². The molecule has 3 aromatic carbocycles. The maximum atomic E-state index is 13.6. The highest BCUT2D eigenvalue weighted by Gasteiger charge is 2.37. The standard InChI is InChI=1S/C28H29N3O5/c1-16-20-8-5-6-9-21(20)26-22(29)10-7-11-23(26)31(27(16)33)28(34)17(2)30-25(32)15-18-14-19(35-3)12-13-24(18)36-4/h5-14,16-17H,15,29H2,1-4H3,(H,30,32)/t16?,17-/m0/s1. The fraction of sp³-hybridized carbons (Fsp3) is 0.250. The maximum absolute atomic E-state index is 13.6. The van der Waals surface area contributed by atoms with E-state index < -0.39 is 23.8 Å². The van der Waals surface area contributed by atoms with Crippen LogP contribution < -0.4 is 25.4 Å². The van der Waals surface area contributed by atoms with Crippen LogP contribution in [0.25, 0.3) is 11.1 Å². The molecule has 36 heavy (non-hydrogen) atoms. The molecule has 2 atom stereocenters. The first-order chi connectivity index (χ1) is 17.3. The molecule has 3 N–H and O–H groups in total. The molecule has 1 aliphatic heterocycles. The largest absolute Gasteiger partial charge is 0.497 e. The second kappa shape index (κ2) is 10.1. The van der Waals surface area contributed by atoms with Crippen LogP contribution in [0.15, 0.2) is 60.7 Å². The second-order valence-electron chi connectivity index (χ2n) is 8.71. The summed E-state index contributed by atoms with van der Waals surface area (Å²) in [5.74, 6) is -0.788. The molecule has 186 valence electrons. The smallest absolute Gasteiger partial charge is 0.256 e. The minimum absolute atomic E-state index is 0.0304. The van der Waals surface area contributed by atoms with Crippen molar-refractivity contribution in [3.05, 3.63) is 71.8 Å². The van der Waals surface area contributed by atoms with Crippen molar-refractivity contribution in [2.24, 2.45) is 0 Å². The lowest BCUT2D eigenvalue weighted by atomic mass is 9.92. The van der Waals surface area contributed by atoms with Crippen LogP contribution in [0, 0.1) is 0 Å². The van der Waals surface area contributed by atoms with Crippen molar-refractivity contribution in [2.45, 2.75) is 32.2 Å². The number of rotatable bonds is 6. The number of nitrogens with one attached hydrogen (secondary N) is 1. The Hall–Kier alpha value is -4.33. The fourth-order valence-corrected chi connectivity index (χ4v) is 4.55. The molecule has 1 aliphatic rings. The number of hydrogen-bond donors (Lipinski definition) is 2. The van der Waals surface area contributed by atoms with E-state index in [0.717, 1.165) is 16.0 Å². The van der Waals surface area contributed by atoms with Gasteiger partial charge in [-0.3, -0.25) is 14.4 Å². The number of amides is 3. The number of anilines is 2. The summed E-state index contributed by atoms with van der Waals surface area (Å²) in [5.41, 5.74) is 10.0. The zero-order valence-corrected chi connectivity index (χ0v) is 20.7. The van der Waals surface area contributed by atoms with E-state index in [4.69, 9.17) is 15.2 Å². The van der Waals surface area contributed by atoms with Crippen molar-refractivity contribution in [1.29, 1.82) is 0 Å². The number of ether oxygens (including phenoxy) is 2. The van der Waals surface area contributed by atoms with Gasteiger partial charge >= 0.3 is 0 Å². The Labute approximate surface area is 210 Å². The third kappa shape index (κ3) is 4.49. The second-order valence-corrected chi connectivity index (χ2v) is 8.71. The molecular weight excluding hydrogens is 458 g/mol. The Morgan fingerprint density at radius 1 is 1.06 bits per heavy atom. The highest BCUT2D eigenvalue weighted by molar-refractivity contribution is 6.22. The number of benzene rings is 3. The van der Waals surface area contributed by atoms with Gasteiger partial charge in [-0.25, -0.2) is 4.90 Å². The molecule has 0 aromatic heterocycles. The monoisotopic (exact) mass is 487 g/mol. The fourth-order valence-electron chi connectivity index (χ4n) is 4.55. The summed E-state index contributed by atoms with van der Waals surface area (Å²) in [7, 11) is 3.05. The maximum Gasteiger partial charge on any atom is 0.256 e. The molecule has 3 aromatic rings. The van der Waals surface area contributed by atoms with Crippen LogP contribution in [0.2, 0.25) is 0 Å². The Morgan fingerprint density at radius 3 is 2.53 bits per heavy atom. The number of nitrogens with two attached hydrogens (primary N) is 1.